The molecule has 3 heterocycles. The van der Waals surface area contributed by atoms with Crippen molar-refractivity contribution in [2.24, 2.45) is 5.92 Å². The van der Waals surface area contributed by atoms with Crippen LogP contribution in [0.15, 0.2) is 59.1 Å². The Hall–Kier alpha value is -2.10. The fourth-order valence-electron chi connectivity index (χ4n) is 5.05. The SMILES string of the molecule is CC(C)N1CCN(c2ccc(OC[C@H]3CO[C@](Cn4cncn4)(C4CC=C(Cl)C=C4Cl)O3)cc2)CC1. The third-order valence-corrected chi connectivity index (χ3v) is 7.74. The number of allylic oxidation sites excluding steroid dienone is 3. The molecule has 10 heteroatoms. The Kier molecular flexibility index (Phi) is 7.88. The average Bonchev–Trinajstić information content (AvgIpc) is 3.54. The molecule has 1 aromatic heterocycles. The minimum atomic E-state index is -0.981. The highest BCUT2D eigenvalue weighted by atomic mass is 35.5. The molecule has 2 fully saturated rings. The van der Waals surface area contributed by atoms with E-state index in [1.165, 1.54) is 12.0 Å². The van der Waals surface area contributed by atoms with Crippen LogP contribution in [0.2, 0.25) is 0 Å². The van der Waals surface area contributed by atoms with Crippen LogP contribution in [0.3, 0.4) is 0 Å². The zero-order chi connectivity index (χ0) is 25.1. The molecule has 5 rings (SSSR count). The lowest BCUT2D eigenvalue weighted by atomic mass is 9.90. The van der Waals surface area contributed by atoms with Gasteiger partial charge in [-0.3, -0.25) is 4.90 Å². The lowest BCUT2D eigenvalue weighted by Crippen LogP contribution is -2.48. The molecule has 2 saturated heterocycles. The van der Waals surface area contributed by atoms with Gasteiger partial charge in [0.05, 0.1) is 19.1 Å². The van der Waals surface area contributed by atoms with Gasteiger partial charge in [-0.1, -0.05) is 29.3 Å². The third kappa shape index (κ3) is 5.73. The van der Waals surface area contributed by atoms with E-state index in [2.05, 4.69) is 45.9 Å². The van der Waals surface area contributed by atoms with Crippen LogP contribution in [-0.4, -0.2) is 77.0 Å². The van der Waals surface area contributed by atoms with E-state index >= 15 is 0 Å². The second-order valence-corrected chi connectivity index (χ2v) is 10.7. The van der Waals surface area contributed by atoms with Gasteiger partial charge in [-0.05, 0) is 50.6 Å². The van der Waals surface area contributed by atoms with Gasteiger partial charge in [0.25, 0.3) is 0 Å². The topological polar surface area (TPSA) is 64.9 Å². The molecule has 3 atom stereocenters. The van der Waals surface area contributed by atoms with Crippen molar-refractivity contribution in [2.75, 3.05) is 44.3 Å². The van der Waals surface area contributed by atoms with Gasteiger partial charge in [0.15, 0.2) is 5.79 Å². The molecule has 0 radical (unpaired) electrons. The molecule has 2 aromatic rings. The molecule has 0 saturated carbocycles. The minimum absolute atomic E-state index is 0.202. The predicted molar refractivity (Wildman–Crippen MR) is 140 cm³/mol. The van der Waals surface area contributed by atoms with Gasteiger partial charge in [-0.2, -0.15) is 5.10 Å². The number of nitrogens with zero attached hydrogens (tertiary/aromatic N) is 5. The van der Waals surface area contributed by atoms with Crippen molar-refractivity contribution < 1.29 is 14.2 Å². The van der Waals surface area contributed by atoms with Crippen LogP contribution >= 0.6 is 23.2 Å². The Morgan fingerprint density at radius 1 is 1.14 bits per heavy atom. The van der Waals surface area contributed by atoms with Crippen molar-refractivity contribution in [3.05, 3.63) is 59.1 Å². The molecular formula is C26H33Cl2N5O3. The summed E-state index contributed by atoms with van der Waals surface area (Å²) in [4.78, 5) is 8.99. The van der Waals surface area contributed by atoms with E-state index in [9.17, 15) is 0 Å². The van der Waals surface area contributed by atoms with Gasteiger partial charge in [0, 0.05) is 48.0 Å². The second-order valence-electron chi connectivity index (χ2n) is 9.78. The molecular weight excluding hydrogens is 501 g/mol. The first kappa shape index (κ1) is 25.5. The maximum atomic E-state index is 6.60. The Bertz CT molecular complexity index is 1070. The van der Waals surface area contributed by atoms with Gasteiger partial charge >= 0.3 is 0 Å². The van der Waals surface area contributed by atoms with Gasteiger partial charge in [0.1, 0.15) is 31.1 Å². The van der Waals surface area contributed by atoms with Crippen LogP contribution in [0.5, 0.6) is 5.75 Å². The summed E-state index contributed by atoms with van der Waals surface area (Å²) in [6.07, 6.45) is 7.19. The van der Waals surface area contributed by atoms with E-state index in [0.717, 1.165) is 31.9 Å². The first-order chi connectivity index (χ1) is 17.4. The first-order valence-electron chi connectivity index (χ1n) is 12.5. The van der Waals surface area contributed by atoms with Gasteiger partial charge < -0.3 is 19.1 Å². The molecule has 1 unspecified atom stereocenters. The lowest BCUT2D eigenvalue weighted by molar-refractivity contribution is -0.207. The molecule has 2 aliphatic heterocycles. The molecule has 0 amide bonds. The number of rotatable bonds is 8. The Morgan fingerprint density at radius 2 is 1.92 bits per heavy atom. The van der Waals surface area contributed by atoms with Gasteiger partial charge in [-0.25, -0.2) is 9.67 Å². The molecule has 1 aliphatic carbocycles. The van der Waals surface area contributed by atoms with Crippen molar-refractivity contribution >= 4 is 28.9 Å². The average molecular weight is 534 g/mol. The zero-order valence-electron chi connectivity index (χ0n) is 20.7. The highest BCUT2D eigenvalue weighted by Gasteiger charge is 2.50. The molecule has 0 N–H and O–H groups in total. The number of aromatic nitrogens is 3. The summed E-state index contributed by atoms with van der Waals surface area (Å²) in [6, 6.07) is 8.90. The number of piperazine rings is 1. The molecule has 194 valence electrons. The number of hydrogen-bond donors (Lipinski definition) is 0. The van der Waals surface area contributed by atoms with E-state index in [4.69, 9.17) is 37.4 Å². The fourth-order valence-corrected chi connectivity index (χ4v) is 5.68. The highest BCUT2D eigenvalue weighted by molar-refractivity contribution is 6.35. The smallest absolute Gasteiger partial charge is 0.196 e. The van der Waals surface area contributed by atoms with Gasteiger partial charge in [-0.15, -0.1) is 0 Å². The maximum Gasteiger partial charge on any atom is 0.196 e. The normalized spacial score (nSPS) is 27.3. The highest BCUT2D eigenvalue weighted by Crippen LogP contribution is 2.43. The number of halogens is 2. The summed E-state index contributed by atoms with van der Waals surface area (Å²) < 4.78 is 20.6. The van der Waals surface area contributed by atoms with E-state index < -0.39 is 5.79 Å². The molecule has 0 spiro atoms. The van der Waals surface area contributed by atoms with Crippen molar-refractivity contribution in [1.82, 2.24) is 19.7 Å². The summed E-state index contributed by atoms with van der Waals surface area (Å²) in [6.45, 7) is 9.90. The molecule has 3 aliphatic rings. The van der Waals surface area contributed by atoms with Crippen molar-refractivity contribution in [2.45, 2.75) is 44.7 Å². The predicted octanol–water partition coefficient (Wildman–Crippen LogP) is 4.26. The standard InChI is InChI=1S/C26H33Cl2N5O3/c1-19(2)31-9-11-32(12-10-31)21-4-6-22(7-5-21)34-14-23-15-35-26(36-23,16-33-18-29-17-30-33)24-8-3-20(27)13-25(24)28/h3-7,13,17-19,23-24H,8-12,14-16H2,1-2H3/t23-,24?,26-/m0/s1. The third-order valence-electron chi connectivity index (χ3n) is 7.10. The van der Waals surface area contributed by atoms with E-state index in [0.29, 0.717) is 42.3 Å². The fraction of sp³-hybridized carbons (Fsp3) is 0.538. The summed E-state index contributed by atoms with van der Waals surface area (Å²) in [7, 11) is 0. The summed E-state index contributed by atoms with van der Waals surface area (Å²) in [5.41, 5.74) is 1.23. The van der Waals surface area contributed by atoms with Crippen LogP contribution in [-0.2, 0) is 16.0 Å². The first-order valence-corrected chi connectivity index (χ1v) is 13.3. The zero-order valence-corrected chi connectivity index (χ0v) is 22.2. The van der Waals surface area contributed by atoms with Crippen molar-refractivity contribution in [3.8, 4) is 5.75 Å². The quantitative estimate of drug-likeness (QED) is 0.502. The Labute approximate surface area is 222 Å². The van der Waals surface area contributed by atoms with E-state index in [-0.39, 0.29) is 12.0 Å². The van der Waals surface area contributed by atoms with Crippen LogP contribution < -0.4 is 9.64 Å². The minimum Gasteiger partial charge on any atom is -0.491 e. The second kappa shape index (κ2) is 11.1. The van der Waals surface area contributed by atoms with E-state index in [1.807, 2.05) is 18.2 Å². The number of hydrogen-bond acceptors (Lipinski definition) is 7. The van der Waals surface area contributed by atoms with Crippen LogP contribution in [0.1, 0.15) is 20.3 Å². The molecule has 8 nitrogen and oxygen atoms in total. The number of ether oxygens (including phenoxy) is 3. The molecule has 36 heavy (non-hydrogen) atoms. The van der Waals surface area contributed by atoms with Crippen LogP contribution in [0.4, 0.5) is 5.69 Å². The van der Waals surface area contributed by atoms with Crippen molar-refractivity contribution in [3.63, 3.8) is 0 Å². The summed E-state index contributed by atoms with van der Waals surface area (Å²) in [5, 5.41) is 5.47. The monoisotopic (exact) mass is 533 g/mol. The van der Waals surface area contributed by atoms with E-state index in [1.54, 1.807) is 17.1 Å². The lowest BCUT2D eigenvalue weighted by Gasteiger charge is -2.38. The Balaban J connectivity index is 1.19. The number of anilines is 1. The van der Waals surface area contributed by atoms with Crippen LogP contribution in [0.25, 0.3) is 0 Å². The maximum absolute atomic E-state index is 6.60. The Morgan fingerprint density at radius 3 is 2.58 bits per heavy atom. The van der Waals surface area contributed by atoms with Gasteiger partial charge in [0.2, 0.25) is 0 Å². The number of benzene rings is 1. The summed E-state index contributed by atoms with van der Waals surface area (Å²) in [5.74, 6) is -0.376. The molecule has 1 aromatic carbocycles. The van der Waals surface area contributed by atoms with Crippen LogP contribution in [0, 0.1) is 5.92 Å². The van der Waals surface area contributed by atoms with Crippen molar-refractivity contribution in [1.29, 1.82) is 0 Å². The summed E-state index contributed by atoms with van der Waals surface area (Å²) >= 11 is 12.8. The largest absolute Gasteiger partial charge is 0.491 e. The molecule has 0 bridgehead atoms.